The summed E-state index contributed by atoms with van der Waals surface area (Å²) in [5.74, 6) is 0. The number of rotatable bonds is 2. The van der Waals surface area contributed by atoms with E-state index >= 15 is 0 Å². The van der Waals surface area contributed by atoms with Crippen LogP contribution in [0.15, 0.2) is 137 Å². The van der Waals surface area contributed by atoms with Gasteiger partial charge >= 0.3 is 0 Å². The van der Waals surface area contributed by atoms with E-state index in [1.807, 2.05) is 11.8 Å². The first-order valence-electron chi connectivity index (χ1n) is 12.9. The lowest BCUT2D eigenvalue weighted by molar-refractivity contribution is 0.714. The Hall–Kier alpha value is -4.07. The van der Waals surface area contributed by atoms with Crippen molar-refractivity contribution in [1.82, 2.24) is 0 Å². The van der Waals surface area contributed by atoms with Crippen LogP contribution >= 0.6 is 11.8 Å². The summed E-state index contributed by atoms with van der Waals surface area (Å²) in [6, 6.07) is 47.2. The highest BCUT2D eigenvalue weighted by Crippen LogP contribution is 2.55. The molecular formula is C36H24S. The molecule has 0 spiro atoms. The van der Waals surface area contributed by atoms with Gasteiger partial charge in [0.1, 0.15) is 0 Å². The first kappa shape index (κ1) is 21.1. The van der Waals surface area contributed by atoms with Crippen molar-refractivity contribution in [2.24, 2.45) is 0 Å². The van der Waals surface area contributed by atoms with Gasteiger partial charge in [0.15, 0.2) is 0 Å². The minimum absolute atomic E-state index is 0.162. The maximum Gasteiger partial charge on any atom is 0.0435 e. The van der Waals surface area contributed by atoms with Crippen LogP contribution in [0.3, 0.4) is 0 Å². The molecule has 1 aliphatic heterocycles. The third-order valence-corrected chi connectivity index (χ3v) is 9.57. The highest BCUT2D eigenvalue weighted by atomic mass is 32.2. The summed E-state index contributed by atoms with van der Waals surface area (Å²) in [6.07, 6.45) is 0. The van der Waals surface area contributed by atoms with E-state index in [4.69, 9.17) is 0 Å². The van der Waals surface area contributed by atoms with Gasteiger partial charge in [0.25, 0.3) is 0 Å². The van der Waals surface area contributed by atoms with Crippen LogP contribution in [-0.2, 0) is 5.41 Å². The quantitative estimate of drug-likeness (QED) is 0.233. The van der Waals surface area contributed by atoms with Gasteiger partial charge < -0.3 is 0 Å². The van der Waals surface area contributed by atoms with Crippen LogP contribution in [0.2, 0.25) is 0 Å². The summed E-state index contributed by atoms with van der Waals surface area (Å²) in [5, 5.41) is 2.68. The van der Waals surface area contributed by atoms with Gasteiger partial charge in [-0.1, -0.05) is 127 Å². The van der Waals surface area contributed by atoms with Crippen molar-refractivity contribution in [2.45, 2.75) is 22.1 Å². The molecule has 1 atom stereocenters. The van der Waals surface area contributed by atoms with Crippen molar-refractivity contribution in [2.75, 3.05) is 0 Å². The van der Waals surface area contributed by atoms with E-state index in [2.05, 4.69) is 134 Å². The molecule has 37 heavy (non-hydrogen) atoms. The largest absolute Gasteiger partial charge is 0.0881 e. The maximum absolute atomic E-state index is 2.43. The molecule has 0 nitrogen and oxygen atoms in total. The fourth-order valence-corrected chi connectivity index (χ4v) is 7.82. The number of fused-ring (bicyclic) bond motifs is 5. The van der Waals surface area contributed by atoms with Gasteiger partial charge in [-0.2, -0.15) is 0 Å². The minimum atomic E-state index is -0.162. The topological polar surface area (TPSA) is 0 Å². The van der Waals surface area contributed by atoms with Gasteiger partial charge in [0.2, 0.25) is 0 Å². The van der Waals surface area contributed by atoms with Gasteiger partial charge in [-0.05, 0) is 74.5 Å². The van der Waals surface area contributed by atoms with Crippen molar-refractivity contribution in [3.05, 3.63) is 144 Å². The summed E-state index contributed by atoms with van der Waals surface area (Å²) >= 11 is 1.91. The molecule has 0 N–H and O–H groups in total. The van der Waals surface area contributed by atoms with Crippen LogP contribution < -0.4 is 0 Å². The Balaban J connectivity index is 1.37. The van der Waals surface area contributed by atoms with Gasteiger partial charge in [0, 0.05) is 20.6 Å². The van der Waals surface area contributed by atoms with E-state index in [1.54, 1.807) is 0 Å². The van der Waals surface area contributed by atoms with Crippen LogP contribution in [0.5, 0.6) is 0 Å². The SMILES string of the molecule is CC1(c2ccccc2)c2ccccc2-c2cc(-c3ccc4cccc5c4c3Sc3ccccc3-5)ccc21. The zero-order valence-electron chi connectivity index (χ0n) is 20.5. The zero-order chi connectivity index (χ0) is 24.6. The fourth-order valence-electron chi connectivity index (χ4n) is 6.54. The standard InChI is InChI=1S/C36H24S/c1-36(25-11-3-2-4-12-25)31-16-7-5-13-27(31)30-22-24(19-21-32(30)36)26-20-18-23-10-9-15-29-28-14-6-8-17-33(28)37-35(26)34(23)29/h2-22H,1H3. The average molecular weight is 489 g/mol. The van der Waals surface area contributed by atoms with E-state index < -0.39 is 0 Å². The molecule has 0 fully saturated rings. The minimum Gasteiger partial charge on any atom is -0.0881 e. The summed E-state index contributed by atoms with van der Waals surface area (Å²) in [7, 11) is 0. The Bertz CT molecular complexity index is 1860. The Labute approximate surface area is 221 Å². The summed E-state index contributed by atoms with van der Waals surface area (Å²) in [5.41, 5.74) is 11.9. The smallest absolute Gasteiger partial charge is 0.0435 e. The summed E-state index contributed by atoms with van der Waals surface area (Å²) in [6.45, 7) is 2.38. The Kier molecular flexibility index (Phi) is 4.39. The molecule has 1 heteroatoms. The van der Waals surface area contributed by atoms with Crippen molar-refractivity contribution in [1.29, 1.82) is 0 Å². The molecule has 1 heterocycles. The zero-order valence-corrected chi connectivity index (χ0v) is 21.3. The summed E-state index contributed by atoms with van der Waals surface area (Å²) in [4.78, 5) is 2.70. The Morgan fingerprint density at radius 2 is 1.24 bits per heavy atom. The molecule has 6 aromatic carbocycles. The second kappa shape index (κ2) is 7.71. The number of hydrogen-bond acceptors (Lipinski definition) is 1. The monoisotopic (exact) mass is 488 g/mol. The van der Waals surface area contributed by atoms with E-state index in [0.717, 1.165) is 0 Å². The molecule has 0 radical (unpaired) electrons. The van der Waals surface area contributed by atoms with E-state index in [1.165, 1.54) is 70.6 Å². The molecule has 1 unspecified atom stereocenters. The normalized spacial score (nSPS) is 16.8. The van der Waals surface area contributed by atoms with Gasteiger partial charge in [-0.3, -0.25) is 0 Å². The highest BCUT2D eigenvalue weighted by Gasteiger charge is 2.40. The second-order valence-electron chi connectivity index (χ2n) is 10.2. The number of hydrogen-bond donors (Lipinski definition) is 0. The Morgan fingerprint density at radius 3 is 2.14 bits per heavy atom. The predicted molar refractivity (Wildman–Crippen MR) is 156 cm³/mol. The lowest BCUT2D eigenvalue weighted by Gasteiger charge is -2.28. The molecule has 0 amide bonds. The molecule has 0 saturated heterocycles. The molecule has 2 aliphatic rings. The first-order valence-corrected chi connectivity index (χ1v) is 13.7. The third kappa shape index (κ3) is 2.86. The second-order valence-corrected chi connectivity index (χ2v) is 11.3. The molecule has 174 valence electrons. The summed E-state index contributed by atoms with van der Waals surface area (Å²) < 4.78 is 0. The molecule has 6 aromatic rings. The molecule has 0 bridgehead atoms. The van der Waals surface area contributed by atoms with E-state index in [9.17, 15) is 0 Å². The van der Waals surface area contributed by atoms with Gasteiger partial charge in [-0.25, -0.2) is 0 Å². The third-order valence-electron chi connectivity index (χ3n) is 8.36. The van der Waals surface area contributed by atoms with E-state index in [0.29, 0.717) is 0 Å². The number of benzene rings is 6. The van der Waals surface area contributed by atoms with Crippen LogP contribution in [0.1, 0.15) is 23.6 Å². The highest BCUT2D eigenvalue weighted by molar-refractivity contribution is 8.00. The fraction of sp³-hybridized carbons (Fsp3) is 0.0556. The molecule has 0 saturated carbocycles. The molecule has 8 rings (SSSR count). The lowest BCUT2D eigenvalue weighted by Crippen LogP contribution is -2.22. The van der Waals surface area contributed by atoms with Gasteiger partial charge in [-0.15, -0.1) is 0 Å². The van der Waals surface area contributed by atoms with Crippen LogP contribution in [0.4, 0.5) is 0 Å². The van der Waals surface area contributed by atoms with Crippen LogP contribution in [0.25, 0.3) is 44.2 Å². The predicted octanol–water partition coefficient (Wildman–Crippen LogP) is 9.97. The van der Waals surface area contributed by atoms with Crippen molar-refractivity contribution in [3.63, 3.8) is 0 Å². The average Bonchev–Trinajstić information content (AvgIpc) is 3.23. The molecular weight excluding hydrogens is 464 g/mol. The van der Waals surface area contributed by atoms with Crippen molar-refractivity contribution >= 4 is 22.5 Å². The van der Waals surface area contributed by atoms with E-state index in [-0.39, 0.29) is 5.41 Å². The molecule has 1 aliphatic carbocycles. The van der Waals surface area contributed by atoms with Crippen molar-refractivity contribution < 1.29 is 0 Å². The maximum atomic E-state index is 2.43. The lowest BCUT2D eigenvalue weighted by atomic mass is 9.74. The first-order chi connectivity index (χ1) is 18.2. The van der Waals surface area contributed by atoms with Crippen LogP contribution in [-0.4, -0.2) is 0 Å². The van der Waals surface area contributed by atoms with Crippen molar-refractivity contribution in [3.8, 4) is 33.4 Å². The van der Waals surface area contributed by atoms with Gasteiger partial charge in [0.05, 0.1) is 0 Å². The van der Waals surface area contributed by atoms with Crippen LogP contribution in [0, 0.1) is 0 Å². The molecule has 0 aromatic heterocycles. The Morgan fingerprint density at radius 1 is 0.514 bits per heavy atom.